The molecule has 0 unspecified atom stereocenters. The molecule has 2 aliphatic rings. The molecule has 6 heteroatoms. The second-order valence-corrected chi connectivity index (χ2v) is 4.58. The van der Waals surface area contributed by atoms with Crippen molar-refractivity contribution in [2.75, 3.05) is 0 Å². The van der Waals surface area contributed by atoms with Crippen LogP contribution in [0.4, 0.5) is 5.69 Å². The molecule has 6 nitrogen and oxygen atoms in total. The number of carbonyl (C=O) groups excluding carboxylic acids is 2. The fourth-order valence-corrected chi connectivity index (χ4v) is 2.95. The molecular formula is C13H9N2O4-. The number of rotatable bonds is 2. The van der Waals surface area contributed by atoms with E-state index >= 15 is 0 Å². The fraction of sp³-hybridized carbons (Fsp3) is 0.231. The van der Waals surface area contributed by atoms with Crippen molar-refractivity contribution in [3.8, 4) is 0 Å². The average Bonchev–Trinajstić information content (AvgIpc) is 2.92. The van der Waals surface area contributed by atoms with Gasteiger partial charge in [-0.05, 0) is 30.4 Å². The molecule has 1 aromatic carbocycles. The minimum Gasteiger partial charge on any atom is -0.545 e. The Balaban J connectivity index is 2.48. The lowest BCUT2D eigenvalue weighted by Gasteiger charge is -2.18. The van der Waals surface area contributed by atoms with Crippen LogP contribution in [0.25, 0.3) is 6.08 Å². The van der Waals surface area contributed by atoms with Gasteiger partial charge >= 0.3 is 0 Å². The van der Waals surface area contributed by atoms with Gasteiger partial charge < -0.3 is 19.8 Å². The van der Waals surface area contributed by atoms with E-state index in [0.717, 1.165) is 16.7 Å². The molecule has 1 aliphatic heterocycles. The summed E-state index contributed by atoms with van der Waals surface area (Å²) in [4.78, 5) is 22.6. The van der Waals surface area contributed by atoms with Gasteiger partial charge in [-0.2, -0.15) is 0 Å². The number of carboxylic acids is 2. The summed E-state index contributed by atoms with van der Waals surface area (Å²) in [6.45, 7) is 0. The molecule has 0 atom stereocenters. The van der Waals surface area contributed by atoms with Crippen LogP contribution in [0.5, 0.6) is 0 Å². The summed E-state index contributed by atoms with van der Waals surface area (Å²) in [5, 5.41) is 22.6. The van der Waals surface area contributed by atoms with Crippen molar-refractivity contribution in [1.29, 1.82) is 5.53 Å². The van der Waals surface area contributed by atoms with Gasteiger partial charge in [0.15, 0.2) is 0 Å². The van der Waals surface area contributed by atoms with Crippen molar-refractivity contribution in [2.45, 2.75) is 19.3 Å². The van der Waals surface area contributed by atoms with E-state index in [2.05, 4.69) is 0 Å². The van der Waals surface area contributed by atoms with E-state index < -0.39 is 11.9 Å². The van der Waals surface area contributed by atoms with Crippen LogP contribution in [0.2, 0.25) is 0 Å². The number of benzene rings is 1. The first-order valence-electron chi connectivity index (χ1n) is 5.85. The van der Waals surface area contributed by atoms with Crippen LogP contribution in [-0.2, 0) is 12.8 Å². The number of hydrogen-bond acceptors (Lipinski definition) is 5. The summed E-state index contributed by atoms with van der Waals surface area (Å²) in [5.74, 6) is -3.05. The van der Waals surface area contributed by atoms with Gasteiger partial charge in [0.25, 0.3) is 0 Å². The summed E-state index contributed by atoms with van der Waals surface area (Å²) in [5.41, 5.74) is 9.00. The quantitative estimate of drug-likeness (QED) is 0.724. The molecule has 0 amide bonds. The summed E-state index contributed by atoms with van der Waals surface area (Å²) >= 11 is 0. The maximum atomic E-state index is 11.3. The highest BCUT2D eigenvalue weighted by molar-refractivity contribution is 6.06. The monoisotopic (exact) mass is 257 g/mol. The Hall–Kier alpha value is -2.50. The lowest BCUT2D eigenvalue weighted by molar-refractivity contribution is -0.461. The molecule has 0 saturated heterocycles. The van der Waals surface area contributed by atoms with E-state index in [1.165, 1.54) is 12.3 Å². The van der Waals surface area contributed by atoms with E-state index in [1.54, 1.807) is 0 Å². The highest BCUT2D eigenvalue weighted by Crippen LogP contribution is 2.42. The van der Waals surface area contributed by atoms with E-state index in [0.29, 0.717) is 24.1 Å². The van der Waals surface area contributed by atoms with Crippen LogP contribution >= 0.6 is 0 Å². The molecule has 0 fully saturated rings. The second-order valence-electron chi connectivity index (χ2n) is 4.58. The number of nitrogens with zero attached hydrogens (tertiary/aromatic N) is 1. The van der Waals surface area contributed by atoms with Crippen LogP contribution in [0.15, 0.2) is 6.20 Å². The maximum absolute atomic E-state index is 11.3. The molecule has 0 spiro atoms. The summed E-state index contributed by atoms with van der Waals surface area (Å²) in [7, 11) is 0. The molecule has 0 aromatic heterocycles. The van der Waals surface area contributed by atoms with Crippen LogP contribution < -0.4 is 10.2 Å². The third-order valence-corrected chi connectivity index (χ3v) is 3.62. The Morgan fingerprint density at radius 2 is 1.74 bits per heavy atom. The van der Waals surface area contributed by atoms with Crippen molar-refractivity contribution in [1.82, 2.24) is 0 Å². The Labute approximate surface area is 108 Å². The first-order valence-corrected chi connectivity index (χ1v) is 5.85. The predicted octanol–water partition coefficient (Wildman–Crippen LogP) is -0.438. The largest absolute Gasteiger partial charge is 0.545 e. The van der Waals surface area contributed by atoms with Crippen LogP contribution in [0, 0.1) is 5.53 Å². The third-order valence-electron chi connectivity index (χ3n) is 3.62. The zero-order valence-electron chi connectivity index (χ0n) is 9.86. The minimum atomic E-state index is -1.55. The lowest BCUT2D eigenvalue weighted by Crippen LogP contribution is -2.32. The summed E-state index contributed by atoms with van der Waals surface area (Å²) in [6.07, 6.45) is 4.70. The maximum Gasteiger partial charge on any atom is 0.248 e. The van der Waals surface area contributed by atoms with Crippen molar-refractivity contribution in [3.63, 3.8) is 0 Å². The molecule has 1 N–H and O–H groups in total. The molecule has 96 valence electrons. The number of aromatic carboxylic acids is 2. The van der Waals surface area contributed by atoms with Gasteiger partial charge in [-0.1, -0.05) is 4.70 Å². The lowest BCUT2D eigenvalue weighted by atomic mass is 9.91. The Morgan fingerprint density at radius 3 is 2.37 bits per heavy atom. The van der Waals surface area contributed by atoms with Crippen LogP contribution in [0.1, 0.15) is 43.8 Å². The van der Waals surface area contributed by atoms with Crippen molar-refractivity contribution in [2.24, 2.45) is 0 Å². The van der Waals surface area contributed by atoms with Gasteiger partial charge in [0.1, 0.15) is 0 Å². The van der Waals surface area contributed by atoms with Crippen molar-refractivity contribution in [3.05, 3.63) is 34.0 Å². The normalized spacial score (nSPS) is 15.5. The number of carboxylic acid groups (broad SMARTS) is 2. The highest BCUT2D eigenvalue weighted by atomic mass is 16.4. The number of carbonyl (C=O) groups is 2. The second kappa shape index (κ2) is 3.74. The topological polar surface area (TPSA) is 107 Å². The first kappa shape index (κ1) is 11.6. The first-order chi connectivity index (χ1) is 9.02. The Bertz CT molecular complexity index is 689. The van der Waals surface area contributed by atoms with Crippen LogP contribution in [-0.4, -0.2) is 16.6 Å². The highest BCUT2D eigenvalue weighted by Gasteiger charge is 2.34. The van der Waals surface area contributed by atoms with E-state index in [-0.39, 0.29) is 16.7 Å². The van der Waals surface area contributed by atoms with E-state index in [1.807, 2.05) is 0 Å². The van der Waals surface area contributed by atoms with Gasteiger partial charge in [0, 0.05) is 22.8 Å². The van der Waals surface area contributed by atoms with E-state index in [9.17, 15) is 19.8 Å². The van der Waals surface area contributed by atoms with Gasteiger partial charge in [-0.15, -0.1) is 0 Å². The minimum absolute atomic E-state index is 0.231. The molecule has 1 heterocycles. The number of fused-ring (bicyclic) bond motifs is 3. The Kier molecular flexibility index (Phi) is 2.28. The average molecular weight is 257 g/mol. The molecule has 19 heavy (non-hydrogen) atoms. The zero-order valence-corrected chi connectivity index (χ0v) is 9.86. The molecule has 0 radical (unpaired) electrons. The Morgan fingerprint density at radius 1 is 1.11 bits per heavy atom. The molecule has 3 rings (SSSR count). The molecular weight excluding hydrogens is 248 g/mol. The van der Waals surface area contributed by atoms with Gasteiger partial charge in [0.2, 0.25) is 11.9 Å². The summed E-state index contributed by atoms with van der Waals surface area (Å²) in [6, 6.07) is 0. The van der Waals surface area contributed by atoms with Crippen molar-refractivity contribution < 1.29 is 24.5 Å². The van der Waals surface area contributed by atoms with Crippen molar-refractivity contribution >= 4 is 23.7 Å². The zero-order chi connectivity index (χ0) is 13.7. The van der Waals surface area contributed by atoms with Gasteiger partial charge in [0.05, 0.1) is 17.5 Å². The van der Waals surface area contributed by atoms with Crippen LogP contribution in [0.3, 0.4) is 0 Å². The molecule has 0 bridgehead atoms. The SMILES string of the molecule is N=[N+]1C=Cc2c(C(=O)[O-])c(C(=O)[O-])c3c(c21)CCC3. The summed E-state index contributed by atoms with van der Waals surface area (Å²) < 4.78 is 1.07. The van der Waals surface area contributed by atoms with Gasteiger partial charge in [-0.3, -0.25) is 0 Å². The van der Waals surface area contributed by atoms with Gasteiger partial charge in [-0.25, -0.2) is 0 Å². The standard InChI is InChI=1S/C13H10N2O4/c14-15-5-4-8-10(13(18)19)9(12(16)17)6-2-1-3-7(6)11(8)15/h4-5,14H,1-3H2,(H-,16,17,18,19)/p-1. The number of hydrogen-bond donors (Lipinski definition) is 1. The molecule has 0 saturated carbocycles. The smallest absolute Gasteiger partial charge is 0.248 e. The fourth-order valence-electron chi connectivity index (χ4n) is 2.95. The molecule has 1 aliphatic carbocycles. The predicted molar refractivity (Wildman–Crippen MR) is 58.8 cm³/mol. The number of nitrogens with one attached hydrogen (secondary N) is 1. The molecule has 1 aromatic rings. The third kappa shape index (κ3) is 1.43. The van der Waals surface area contributed by atoms with E-state index in [4.69, 9.17) is 5.53 Å².